The van der Waals surface area contributed by atoms with Crippen molar-refractivity contribution in [2.75, 3.05) is 32.8 Å². The van der Waals surface area contributed by atoms with Crippen molar-refractivity contribution >= 4 is 34.4 Å². The Hall–Kier alpha value is -1.27. The Balaban J connectivity index is 1.51. The van der Waals surface area contributed by atoms with E-state index in [1.807, 2.05) is 0 Å². The van der Waals surface area contributed by atoms with Crippen LogP contribution in [0.4, 0.5) is 0 Å². The summed E-state index contributed by atoms with van der Waals surface area (Å²) in [6.45, 7) is 3.18. The number of hydrogen-bond acceptors (Lipinski definition) is 5. The third kappa shape index (κ3) is 5.11. The van der Waals surface area contributed by atoms with E-state index in [9.17, 15) is 5.11 Å². The molecule has 0 amide bonds. The topological polar surface area (TPSA) is 54.3 Å². The molecular formula is C18H22Cl2N2O3. The van der Waals surface area contributed by atoms with Gasteiger partial charge < -0.3 is 19.6 Å². The quantitative estimate of drug-likeness (QED) is 0.601. The molecule has 2 aliphatic heterocycles. The first-order valence-electron chi connectivity index (χ1n) is 8.50. The number of oxime groups is 1. The van der Waals surface area contributed by atoms with Crippen molar-refractivity contribution in [3.05, 3.63) is 34.4 Å². The molecule has 1 fully saturated rings. The Morgan fingerprint density at radius 2 is 2.08 bits per heavy atom. The van der Waals surface area contributed by atoms with Crippen molar-refractivity contribution < 1.29 is 14.7 Å². The summed E-state index contributed by atoms with van der Waals surface area (Å²) >= 11 is 12.4. The molecule has 25 heavy (non-hydrogen) atoms. The highest BCUT2D eigenvalue weighted by Crippen LogP contribution is 2.36. The molecule has 7 heteroatoms. The fourth-order valence-corrected chi connectivity index (χ4v) is 3.43. The van der Waals surface area contributed by atoms with Crippen LogP contribution < -0.4 is 4.74 Å². The van der Waals surface area contributed by atoms with Crippen LogP contribution in [0.5, 0.6) is 5.75 Å². The smallest absolute Gasteiger partial charge is 0.144 e. The van der Waals surface area contributed by atoms with Crippen molar-refractivity contribution in [3.63, 3.8) is 0 Å². The maximum Gasteiger partial charge on any atom is 0.144 e. The third-order valence-electron chi connectivity index (χ3n) is 4.31. The molecule has 1 N–H and O–H groups in total. The van der Waals surface area contributed by atoms with Gasteiger partial charge in [0, 0.05) is 22.7 Å². The van der Waals surface area contributed by atoms with Crippen molar-refractivity contribution in [2.24, 2.45) is 5.16 Å². The lowest BCUT2D eigenvalue weighted by Gasteiger charge is -2.27. The molecule has 0 saturated carbocycles. The fraction of sp³-hybridized carbons (Fsp3) is 0.500. The second-order valence-electron chi connectivity index (χ2n) is 6.31. The Morgan fingerprint density at radius 3 is 2.88 bits per heavy atom. The number of β-amino-alcohol motifs (C(OH)–C–C–N with tert-alkyl or cyclic N) is 1. The van der Waals surface area contributed by atoms with Gasteiger partial charge in [-0.2, -0.15) is 0 Å². The normalized spacial score (nSPS) is 19.6. The zero-order chi connectivity index (χ0) is 17.6. The summed E-state index contributed by atoms with van der Waals surface area (Å²) in [4.78, 5) is 7.48. The minimum atomic E-state index is -0.554. The van der Waals surface area contributed by atoms with Crippen LogP contribution in [0, 0.1) is 0 Å². The third-order valence-corrected chi connectivity index (χ3v) is 4.99. The predicted molar refractivity (Wildman–Crippen MR) is 100 cm³/mol. The standard InChI is InChI=1S/C18H22Cl2N2O3/c19-14-4-5-17-16(8-14)18(20)13(11-24-17)9-21-25-12-15(23)10-22-6-2-1-3-7-22/h4-5,8-9,15,23H,1-3,6-7,10-12H2. The average Bonchev–Trinajstić information content (AvgIpc) is 2.62. The van der Waals surface area contributed by atoms with Crippen LogP contribution in [0.15, 0.2) is 28.9 Å². The molecule has 1 aromatic rings. The van der Waals surface area contributed by atoms with Gasteiger partial charge in [0.05, 0.1) is 11.2 Å². The Morgan fingerprint density at radius 1 is 1.28 bits per heavy atom. The second kappa shape index (κ2) is 8.90. The van der Waals surface area contributed by atoms with Gasteiger partial charge in [-0.15, -0.1) is 0 Å². The monoisotopic (exact) mass is 384 g/mol. The first kappa shape index (κ1) is 18.5. The molecule has 1 atom stereocenters. The van der Waals surface area contributed by atoms with E-state index in [4.69, 9.17) is 32.8 Å². The van der Waals surface area contributed by atoms with Crippen LogP contribution >= 0.6 is 23.2 Å². The van der Waals surface area contributed by atoms with E-state index >= 15 is 0 Å². The first-order valence-corrected chi connectivity index (χ1v) is 9.26. The molecule has 136 valence electrons. The first-order chi connectivity index (χ1) is 12.1. The summed E-state index contributed by atoms with van der Waals surface area (Å²) in [7, 11) is 0. The molecule has 2 aliphatic rings. The molecule has 0 spiro atoms. The van der Waals surface area contributed by atoms with Crippen molar-refractivity contribution in [1.82, 2.24) is 4.90 Å². The Bertz CT molecular complexity index is 658. The molecule has 5 nitrogen and oxygen atoms in total. The van der Waals surface area contributed by atoms with Gasteiger partial charge in [0.2, 0.25) is 0 Å². The van der Waals surface area contributed by atoms with Crippen LogP contribution in [0.1, 0.15) is 24.8 Å². The van der Waals surface area contributed by atoms with Crippen LogP contribution in [-0.2, 0) is 4.84 Å². The predicted octanol–water partition coefficient (Wildman–Crippen LogP) is 3.53. The highest BCUT2D eigenvalue weighted by molar-refractivity contribution is 6.51. The van der Waals surface area contributed by atoms with Crippen LogP contribution in [0.25, 0.3) is 5.03 Å². The number of halogens is 2. The zero-order valence-corrected chi connectivity index (χ0v) is 15.5. The van der Waals surface area contributed by atoms with Gasteiger partial charge >= 0.3 is 0 Å². The number of aliphatic hydroxyl groups is 1. The maximum absolute atomic E-state index is 10.0. The van der Waals surface area contributed by atoms with Gasteiger partial charge in [0.1, 0.15) is 25.1 Å². The van der Waals surface area contributed by atoms with E-state index in [1.54, 1.807) is 18.2 Å². The minimum Gasteiger partial charge on any atom is -0.488 e. The largest absolute Gasteiger partial charge is 0.488 e. The summed E-state index contributed by atoms with van der Waals surface area (Å²) in [5, 5.41) is 15.1. The van der Waals surface area contributed by atoms with Crippen LogP contribution in [-0.4, -0.2) is 55.2 Å². The molecule has 0 radical (unpaired) electrons. The van der Waals surface area contributed by atoms with Gasteiger partial charge in [-0.25, -0.2) is 0 Å². The summed E-state index contributed by atoms with van der Waals surface area (Å²) in [5.74, 6) is 0.699. The number of piperidine rings is 1. The van der Waals surface area contributed by atoms with Crippen LogP contribution in [0.2, 0.25) is 5.02 Å². The molecule has 0 aromatic heterocycles. The van der Waals surface area contributed by atoms with Gasteiger partial charge in [0.25, 0.3) is 0 Å². The lowest BCUT2D eigenvalue weighted by Crippen LogP contribution is -2.37. The summed E-state index contributed by atoms with van der Waals surface area (Å²) < 4.78 is 5.64. The second-order valence-corrected chi connectivity index (χ2v) is 7.13. The lowest BCUT2D eigenvalue weighted by atomic mass is 10.1. The number of nitrogens with zero attached hydrogens (tertiary/aromatic N) is 2. The van der Waals surface area contributed by atoms with Crippen molar-refractivity contribution in [2.45, 2.75) is 25.4 Å². The number of ether oxygens (including phenoxy) is 1. The van der Waals surface area contributed by atoms with Gasteiger partial charge in [-0.1, -0.05) is 34.8 Å². The van der Waals surface area contributed by atoms with Gasteiger partial charge in [-0.3, -0.25) is 0 Å². The number of fused-ring (bicyclic) bond motifs is 1. The number of aliphatic hydroxyl groups excluding tert-OH is 1. The molecular weight excluding hydrogens is 363 g/mol. The minimum absolute atomic E-state index is 0.154. The van der Waals surface area contributed by atoms with E-state index in [0.29, 0.717) is 34.5 Å². The molecule has 0 bridgehead atoms. The molecule has 2 heterocycles. The number of benzene rings is 1. The Labute approximate surface area is 157 Å². The molecule has 0 aliphatic carbocycles. The van der Waals surface area contributed by atoms with E-state index in [-0.39, 0.29) is 6.61 Å². The molecule has 3 rings (SSSR count). The van der Waals surface area contributed by atoms with E-state index in [2.05, 4.69) is 10.1 Å². The number of hydrogen-bond donors (Lipinski definition) is 1. The highest BCUT2D eigenvalue weighted by atomic mass is 35.5. The fourth-order valence-electron chi connectivity index (χ4n) is 3.01. The molecule has 1 aromatic carbocycles. The van der Waals surface area contributed by atoms with Gasteiger partial charge in [0.15, 0.2) is 0 Å². The van der Waals surface area contributed by atoms with E-state index in [0.717, 1.165) is 18.7 Å². The summed E-state index contributed by atoms with van der Waals surface area (Å²) in [6.07, 6.45) is 4.65. The summed E-state index contributed by atoms with van der Waals surface area (Å²) in [6, 6.07) is 5.31. The van der Waals surface area contributed by atoms with E-state index < -0.39 is 6.10 Å². The average molecular weight is 385 g/mol. The van der Waals surface area contributed by atoms with E-state index in [1.165, 1.54) is 25.5 Å². The van der Waals surface area contributed by atoms with Crippen molar-refractivity contribution in [1.29, 1.82) is 0 Å². The maximum atomic E-state index is 10.0. The van der Waals surface area contributed by atoms with Crippen LogP contribution in [0.3, 0.4) is 0 Å². The number of likely N-dealkylation sites (tertiary alicyclic amines) is 1. The highest BCUT2D eigenvalue weighted by Gasteiger charge is 2.18. The molecule has 1 saturated heterocycles. The van der Waals surface area contributed by atoms with Crippen molar-refractivity contribution in [3.8, 4) is 5.75 Å². The zero-order valence-electron chi connectivity index (χ0n) is 14.0. The molecule has 1 unspecified atom stereocenters. The lowest BCUT2D eigenvalue weighted by molar-refractivity contribution is 0.0163. The summed E-state index contributed by atoms with van der Waals surface area (Å²) in [5.41, 5.74) is 1.45. The SMILES string of the molecule is OC(CON=CC1=C(Cl)c2cc(Cl)ccc2OC1)CN1CCCCC1. The number of rotatable bonds is 6. The van der Waals surface area contributed by atoms with Gasteiger partial charge in [-0.05, 0) is 44.1 Å². The Kier molecular flexibility index (Phi) is 6.59.